The number of benzene rings is 2. The van der Waals surface area contributed by atoms with Crippen molar-refractivity contribution in [1.29, 1.82) is 0 Å². The van der Waals surface area contributed by atoms with Gasteiger partial charge in [0.25, 0.3) is 0 Å². The van der Waals surface area contributed by atoms with Crippen molar-refractivity contribution in [2.75, 3.05) is 0 Å². The Morgan fingerprint density at radius 1 is 0.850 bits per heavy atom. The van der Waals surface area contributed by atoms with Crippen molar-refractivity contribution < 1.29 is 0 Å². The maximum Gasteiger partial charge on any atom is -0.0181 e. The maximum absolute atomic E-state index is 3.80. The molecule has 0 fully saturated rings. The van der Waals surface area contributed by atoms with Crippen LogP contribution < -0.4 is 0 Å². The molecule has 0 atom stereocenters. The summed E-state index contributed by atoms with van der Waals surface area (Å²) in [7, 11) is 0. The van der Waals surface area contributed by atoms with Gasteiger partial charge in [0.1, 0.15) is 0 Å². The van der Waals surface area contributed by atoms with Gasteiger partial charge in [-0.05, 0) is 29.2 Å². The lowest BCUT2D eigenvalue weighted by Gasteiger charge is -2.05. The standard InChI is InChI=1S/C19H18.CH4/c1-3-10-19(18-13-8-5-9-14-18)15-16(2)17-11-6-4-7-12-17;/h3-15H,1H2,2H3;1H4/b16-15+,19-10+;. The summed E-state index contributed by atoms with van der Waals surface area (Å²) >= 11 is 0. The van der Waals surface area contributed by atoms with Crippen LogP contribution in [0.5, 0.6) is 0 Å². The molecule has 2 rings (SSSR count). The van der Waals surface area contributed by atoms with Crippen LogP contribution in [0.15, 0.2) is 85.5 Å². The zero-order valence-corrected chi connectivity index (χ0v) is 11.2. The lowest BCUT2D eigenvalue weighted by Crippen LogP contribution is -1.83. The molecule has 0 N–H and O–H groups in total. The Morgan fingerprint density at radius 3 is 1.85 bits per heavy atom. The summed E-state index contributed by atoms with van der Waals surface area (Å²) in [5.74, 6) is 0. The van der Waals surface area contributed by atoms with E-state index in [0.717, 1.165) is 0 Å². The Balaban J connectivity index is 0.00000200. The summed E-state index contributed by atoms with van der Waals surface area (Å²) in [5, 5.41) is 0. The maximum atomic E-state index is 3.80. The van der Waals surface area contributed by atoms with Crippen LogP contribution in [-0.4, -0.2) is 0 Å². The SMILES string of the molecule is C.C=C/C=C(\C=C(/C)c1ccccc1)c1ccccc1. The predicted molar refractivity (Wildman–Crippen MR) is 91.4 cm³/mol. The lowest BCUT2D eigenvalue weighted by atomic mass is 9.99. The van der Waals surface area contributed by atoms with Crippen molar-refractivity contribution in [3.8, 4) is 0 Å². The van der Waals surface area contributed by atoms with Gasteiger partial charge in [-0.25, -0.2) is 0 Å². The van der Waals surface area contributed by atoms with Crippen molar-refractivity contribution >= 4 is 11.1 Å². The fraction of sp³-hybridized carbons (Fsp3) is 0.100. The highest BCUT2D eigenvalue weighted by Gasteiger charge is 1.99. The second kappa shape index (κ2) is 7.96. The van der Waals surface area contributed by atoms with Gasteiger partial charge in [0.05, 0.1) is 0 Å². The lowest BCUT2D eigenvalue weighted by molar-refractivity contribution is 1.56. The van der Waals surface area contributed by atoms with E-state index in [1.165, 1.54) is 22.3 Å². The second-order valence-corrected chi connectivity index (χ2v) is 4.42. The highest BCUT2D eigenvalue weighted by Crippen LogP contribution is 2.22. The van der Waals surface area contributed by atoms with E-state index in [9.17, 15) is 0 Å². The van der Waals surface area contributed by atoms with Crippen LogP contribution in [0.1, 0.15) is 25.5 Å². The molecule has 0 unspecified atom stereocenters. The quantitative estimate of drug-likeness (QED) is 0.593. The first-order chi connectivity index (χ1) is 9.31. The van der Waals surface area contributed by atoms with E-state index in [-0.39, 0.29) is 7.43 Å². The van der Waals surface area contributed by atoms with E-state index in [4.69, 9.17) is 0 Å². The Bertz CT molecular complexity index is 586. The average molecular weight is 262 g/mol. The topological polar surface area (TPSA) is 0 Å². The van der Waals surface area contributed by atoms with E-state index in [1.54, 1.807) is 0 Å². The molecule has 0 spiro atoms. The van der Waals surface area contributed by atoms with Crippen molar-refractivity contribution in [3.63, 3.8) is 0 Å². The van der Waals surface area contributed by atoms with Crippen LogP contribution in [0.3, 0.4) is 0 Å². The fourth-order valence-electron chi connectivity index (χ4n) is 2.00. The third kappa shape index (κ3) is 4.10. The van der Waals surface area contributed by atoms with E-state index in [1.807, 2.05) is 24.3 Å². The van der Waals surface area contributed by atoms with Crippen LogP contribution in [0.25, 0.3) is 11.1 Å². The zero-order valence-electron chi connectivity index (χ0n) is 11.2. The first kappa shape index (κ1) is 15.7. The summed E-state index contributed by atoms with van der Waals surface area (Å²) in [6.07, 6.45) is 6.07. The van der Waals surface area contributed by atoms with E-state index in [0.29, 0.717) is 0 Å². The molecule has 0 saturated heterocycles. The van der Waals surface area contributed by atoms with Gasteiger partial charge >= 0.3 is 0 Å². The molecule has 2 aromatic carbocycles. The minimum Gasteiger partial charge on any atom is -0.0990 e. The summed E-state index contributed by atoms with van der Waals surface area (Å²) in [6, 6.07) is 20.8. The fourth-order valence-corrected chi connectivity index (χ4v) is 2.00. The molecule has 0 heterocycles. The molecule has 0 heteroatoms. The van der Waals surface area contributed by atoms with Gasteiger partial charge in [0.15, 0.2) is 0 Å². The Kier molecular flexibility index (Phi) is 6.25. The normalized spacial score (nSPS) is 11.7. The first-order valence-electron chi connectivity index (χ1n) is 6.43. The molecule has 102 valence electrons. The molecule has 0 aromatic heterocycles. The molecule has 0 aliphatic heterocycles. The van der Waals surface area contributed by atoms with Gasteiger partial charge in [-0.2, -0.15) is 0 Å². The minimum absolute atomic E-state index is 0. The van der Waals surface area contributed by atoms with Crippen molar-refractivity contribution in [1.82, 2.24) is 0 Å². The first-order valence-corrected chi connectivity index (χ1v) is 6.43. The van der Waals surface area contributed by atoms with Crippen LogP contribution in [-0.2, 0) is 0 Å². The number of allylic oxidation sites excluding steroid dienone is 5. The molecule has 0 aliphatic rings. The van der Waals surface area contributed by atoms with E-state index < -0.39 is 0 Å². The molecular weight excluding hydrogens is 240 g/mol. The highest BCUT2D eigenvalue weighted by atomic mass is 14.0. The molecule has 20 heavy (non-hydrogen) atoms. The molecule has 2 aromatic rings. The van der Waals surface area contributed by atoms with Crippen molar-refractivity contribution in [2.24, 2.45) is 0 Å². The van der Waals surface area contributed by atoms with E-state index in [2.05, 4.69) is 68.1 Å². The van der Waals surface area contributed by atoms with Gasteiger partial charge in [-0.15, -0.1) is 0 Å². The number of hydrogen-bond donors (Lipinski definition) is 0. The van der Waals surface area contributed by atoms with Gasteiger partial charge in [0, 0.05) is 0 Å². The summed E-state index contributed by atoms with van der Waals surface area (Å²) < 4.78 is 0. The van der Waals surface area contributed by atoms with Crippen LogP contribution in [0, 0.1) is 0 Å². The Hall–Kier alpha value is -2.34. The summed E-state index contributed by atoms with van der Waals surface area (Å²) in [6.45, 7) is 5.93. The molecule has 0 aliphatic carbocycles. The van der Waals surface area contributed by atoms with Crippen LogP contribution in [0.4, 0.5) is 0 Å². The smallest absolute Gasteiger partial charge is 0.0181 e. The second-order valence-electron chi connectivity index (χ2n) is 4.42. The number of rotatable bonds is 4. The molecule has 0 saturated carbocycles. The summed E-state index contributed by atoms with van der Waals surface area (Å²) in [5.41, 5.74) is 4.88. The zero-order chi connectivity index (χ0) is 13.5. The van der Waals surface area contributed by atoms with E-state index >= 15 is 0 Å². The minimum atomic E-state index is 0. The van der Waals surface area contributed by atoms with Gasteiger partial charge < -0.3 is 0 Å². The van der Waals surface area contributed by atoms with Gasteiger partial charge in [-0.3, -0.25) is 0 Å². The third-order valence-corrected chi connectivity index (χ3v) is 3.01. The Morgan fingerprint density at radius 2 is 1.35 bits per heavy atom. The molecule has 0 amide bonds. The highest BCUT2D eigenvalue weighted by molar-refractivity contribution is 5.83. The van der Waals surface area contributed by atoms with Crippen molar-refractivity contribution in [3.05, 3.63) is 96.6 Å². The van der Waals surface area contributed by atoms with Crippen molar-refractivity contribution in [2.45, 2.75) is 14.4 Å². The van der Waals surface area contributed by atoms with Gasteiger partial charge in [0.2, 0.25) is 0 Å². The Labute approximate surface area is 122 Å². The molecule has 0 bridgehead atoms. The largest absolute Gasteiger partial charge is 0.0990 e. The third-order valence-electron chi connectivity index (χ3n) is 3.01. The average Bonchev–Trinajstić information content (AvgIpc) is 2.48. The van der Waals surface area contributed by atoms with Gasteiger partial charge in [-0.1, -0.05) is 92.9 Å². The monoisotopic (exact) mass is 262 g/mol. The molecule has 0 radical (unpaired) electrons. The number of hydrogen-bond acceptors (Lipinski definition) is 0. The summed E-state index contributed by atoms with van der Waals surface area (Å²) in [4.78, 5) is 0. The van der Waals surface area contributed by atoms with Crippen LogP contribution >= 0.6 is 0 Å². The molecule has 0 nitrogen and oxygen atoms in total. The predicted octanol–water partition coefficient (Wildman–Crippen LogP) is 6.00. The van der Waals surface area contributed by atoms with Crippen LogP contribution in [0.2, 0.25) is 0 Å². The molecular formula is C20H22.